The van der Waals surface area contributed by atoms with E-state index in [1.54, 1.807) is 6.07 Å². The van der Waals surface area contributed by atoms with E-state index in [-0.39, 0.29) is 5.02 Å². The third-order valence-corrected chi connectivity index (χ3v) is 2.88. The van der Waals surface area contributed by atoms with E-state index in [4.69, 9.17) is 16.8 Å². The lowest BCUT2D eigenvalue weighted by Gasteiger charge is -2.17. The second-order valence-electron chi connectivity index (χ2n) is 3.29. The number of nitrogens with zero attached hydrogens (tertiary/aromatic N) is 1. The van der Waals surface area contributed by atoms with Gasteiger partial charge in [0, 0.05) is 5.56 Å². The highest BCUT2D eigenvalue weighted by Gasteiger charge is 2.20. The molecule has 0 radical (unpaired) electrons. The van der Waals surface area contributed by atoms with Crippen molar-refractivity contribution in [3.63, 3.8) is 0 Å². The van der Waals surface area contributed by atoms with Crippen LogP contribution in [0.4, 0.5) is 4.39 Å². The fourth-order valence-corrected chi connectivity index (χ4v) is 2.04. The standard InChI is InChI=1S/C10H9ClFNO/c11-10-7-2-1-3-9(13-14)6(7)4-5-8(10)12/h4-5,14H,1-3H2/b13-9+. The minimum Gasteiger partial charge on any atom is -0.411 e. The molecule has 1 aliphatic carbocycles. The summed E-state index contributed by atoms with van der Waals surface area (Å²) >= 11 is 5.82. The Labute approximate surface area is 86.0 Å². The molecule has 0 bridgehead atoms. The second kappa shape index (κ2) is 3.58. The monoisotopic (exact) mass is 213 g/mol. The first-order valence-corrected chi connectivity index (χ1v) is 4.80. The van der Waals surface area contributed by atoms with Gasteiger partial charge in [-0.3, -0.25) is 0 Å². The lowest BCUT2D eigenvalue weighted by Crippen LogP contribution is -2.12. The van der Waals surface area contributed by atoms with Crippen LogP contribution in [0.2, 0.25) is 5.02 Å². The van der Waals surface area contributed by atoms with Crippen molar-refractivity contribution in [3.05, 3.63) is 34.1 Å². The molecule has 1 aliphatic rings. The highest BCUT2D eigenvalue weighted by Crippen LogP contribution is 2.30. The number of rotatable bonds is 0. The van der Waals surface area contributed by atoms with Gasteiger partial charge in [-0.2, -0.15) is 0 Å². The topological polar surface area (TPSA) is 32.6 Å². The number of fused-ring (bicyclic) bond motifs is 1. The summed E-state index contributed by atoms with van der Waals surface area (Å²) in [5.74, 6) is -0.412. The van der Waals surface area contributed by atoms with E-state index in [2.05, 4.69) is 5.16 Å². The van der Waals surface area contributed by atoms with E-state index in [0.717, 1.165) is 24.0 Å². The van der Waals surface area contributed by atoms with Crippen LogP contribution in [0.15, 0.2) is 17.3 Å². The molecule has 0 amide bonds. The Hall–Kier alpha value is -1.09. The summed E-state index contributed by atoms with van der Waals surface area (Å²) in [5.41, 5.74) is 2.11. The molecule has 1 N–H and O–H groups in total. The number of oxime groups is 1. The number of halogens is 2. The zero-order valence-electron chi connectivity index (χ0n) is 7.43. The summed E-state index contributed by atoms with van der Waals surface area (Å²) < 4.78 is 13.1. The van der Waals surface area contributed by atoms with Gasteiger partial charge in [0.05, 0.1) is 10.7 Å². The molecule has 14 heavy (non-hydrogen) atoms. The number of benzene rings is 1. The van der Waals surface area contributed by atoms with Crippen molar-refractivity contribution in [2.45, 2.75) is 19.3 Å². The van der Waals surface area contributed by atoms with Gasteiger partial charge in [0.15, 0.2) is 0 Å². The van der Waals surface area contributed by atoms with Crippen LogP contribution >= 0.6 is 11.6 Å². The van der Waals surface area contributed by atoms with E-state index in [1.807, 2.05) is 0 Å². The maximum atomic E-state index is 13.1. The zero-order valence-corrected chi connectivity index (χ0v) is 8.18. The fourth-order valence-electron chi connectivity index (χ4n) is 1.78. The van der Waals surface area contributed by atoms with Crippen LogP contribution in [0.1, 0.15) is 24.0 Å². The van der Waals surface area contributed by atoms with E-state index in [1.165, 1.54) is 6.07 Å². The molecule has 0 spiro atoms. The van der Waals surface area contributed by atoms with Crippen molar-refractivity contribution in [2.24, 2.45) is 5.16 Å². The summed E-state index contributed by atoms with van der Waals surface area (Å²) in [7, 11) is 0. The maximum Gasteiger partial charge on any atom is 0.142 e. The summed E-state index contributed by atoms with van der Waals surface area (Å²) in [6.07, 6.45) is 2.30. The van der Waals surface area contributed by atoms with Crippen molar-refractivity contribution in [1.29, 1.82) is 0 Å². The molecule has 0 atom stereocenters. The lowest BCUT2D eigenvalue weighted by atomic mass is 9.90. The van der Waals surface area contributed by atoms with Crippen LogP contribution in [-0.2, 0) is 6.42 Å². The number of hydrogen-bond donors (Lipinski definition) is 1. The molecule has 0 aromatic heterocycles. The Bertz CT molecular complexity index is 403. The van der Waals surface area contributed by atoms with Gasteiger partial charge in [0.2, 0.25) is 0 Å². The lowest BCUT2D eigenvalue weighted by molar-refractivity contribution is 0.317. The molecule has 0 heterocycles. The van der Waals surface area contributed by atoms with Crippen molar-refractivity contribution >= 4 is 17.3 Å². The molecular formula is C10H9ClFNO. The average Bonchev–Trinajstić information content (AvgIpc) is 2.23. The van der Waals surface area contributed by atoms with E-state index >= 15 is 0 Å². The molecule has 2 rings (SSSR count). The third-order valence-electron chi connectivity index (χ3n) is 2.47. The smallest absolute Gasteiger partial charge is 0.142 e. The molecule has 74 valence electrons. The Morgan fingerprint density at radius 1 is 1.36 bits per heavy atom. The molecule has 0 aliphatic heterocycles. The molecule has 2 nitrogen and oxygen atoms in total. The molecular weight excluding hydrogens is 205 g/mol. The first-order valence-electron chi connectivity index (χ1n) is 4.42. The van der Waals surface area contributed by atoms with Crippen molar-refractivity contribution in [2.75, 3.05) is 0 Å². The van der Waals surface area contributed by atoms with E-state index in [9.17, 15) is 4.39 Å². The first kappa shape index (κ1) is 9.46. The molecule has 0 saturated heterocycles. The molecule has 4 heteroatoms. The van der Waals surface area contributed by atoms with Crippen molar-refractivity contribution in [3.8, 4) is 0 Å². The van der Waals surface area contributed by atoms with Gasteiger partial charge in [-0.25, -0.2) is 4.39 Å². The second-order valence-corrected chi connectivity index (χ2v) is 3.67. The quantitative estimate of drug-likeness (QED) is 0.522. The van der Waals surface area contributed by atoms with Gasteiger partial charge in [-0.1, -0.05) is 16.8 Å². The predicted octanol–water partition coefficient (Wildman–Crippen LogP) is 2.99. The minimum atomic E-state index is -0.412. The molecule has 1 aromatic rings. The van der Waals surface area contributed by atoms with Gasteiger partial charge in [0.1, 0.15) is 5.82 Å². The predicted molar refractivity (Wildman–Crippen MR) is 52.7 cm³/mol. The zero-order chi connectivity index (χ0) is 10.1. The highest BCUT2D eigenvalue weighted by atomic mass is 35.5. The normalized spacial score (nSPS) is 18.3. The average molecular weight is 214 g/mol. The van der Waals surface area contributed by atoms with Gasteiger partial charge < -0.3 is 5.21 Å². The van der Waals surface area contributed by atoms with Crippen molar-refractivity contribution < 1.29 is 9.60 Å². The number of hydrogen-bond acceptors (Lipinski definition) is 2. The van der Waals surface area contributed by atoms with Crippen LogP contribution in [-0.4, -0.2) is 10.9 Å². The highest BCUT2D eigenvalue weighted by molar-refractivity contribution is 6.32. The van der Waals surface area contributed by atoms with Crippen LogP contribution < -0.4 is 0 Å². The largest absolute Gasteiger partial charge is 0.411 e. The van der Waals surface area contributed by atoms with Crippen LogP contribution in [0.5, 0.6) is 0 Å². The summed E-state index contributed by atoms with van der Waals surface area (Å²) in [6.45, 7) is 0. The first-order chi connectivity index (χ1) is 6.74. The van der Waals surface area contributed by atoms with Crippen LogP contribution in [0, 0.1) is 5.82 Å². The molecule has 0 fully saturated rings. The summed E-state index contributed by atoms with van der Waals surface area (Å²) in [6, 6.07) is 2.92. The summed E-state index contributed by atoms with van der Waals surface area (Å²) in [4.78, 5) is 0. The Balaban J connectivity index is 2.62. The van der Waals surface area contributed by atoms with Crippen molar-refractivity contribution in [1.82, 2.24) is 0 Å². The third kappa shape index (κ3) is 1.38. The Kier molecular flexibility index (Phi) is 2.42. The van der Waals surface area contributed by atoms with Gasteiger partial charge in [-0.05, 0) is 37.0 Å². The Morgan fingerprint density at radius 2 is 2.14 bits per heavy atom. The SMILES string of the molecule is O/N=C1\CCCc2c1ccc(F)c2Cl. The van der Waals surface area contributed by atoms with Crippen LogP contribution in [0.25, 0.3) is 0 Å². The van der Waals surface area contributed by atoms with Gasteiger partial charge in [0.25, 0.3) is 0 Å². The molecule has 1 aromatic carbocycles. The summed E-state index contributed by atoms with van der Waals surface area (Å²) in [5, 5.41) is 12.1. The van der Waals surface area contributed by atoms with E-state index < -0.39 is 5.82 Å². The van der Waals surface area contributed by atoms with Crippen LogP contribution in [0.3, 0.4) is 0 Å². The maximum absolute atomic E-state index is 13.1. The molecule has 0 saturated carbocycles. The fraction of sp³-hybridized carbons (Fsp3) is 0.300. The van der Waals surface area contributed by atoms with E-state index in [0.29, 0.717) is 12.1 Å². The Morgan fingerprint density at radius 3 is 2.86 bits per heavy atom. The van der Waals surface area contributed by atoms with Gasteiger partial charge >= 0.3 is 0 Å². The van der Waals surface area contributed by atoms with Gasteiger partial charge in [-0.15, -0.1) is 0 Å². The minimum absolute atomic E-state index is 0.156. The molecule has 0 unspecified atom stereocenters.